The number of ether oxygens (including phenoxy) is 1. The van der Waals surface area contributed by atoms with Gasteiger partial charge in [0.15, 0.2) is 6.61 Å². The largest absolute Gasteiger partial charge is 0.464 e. The van der Waals surface area contributed by atoms with E-state index < -0.39 is 44.3 Å². The summed E-state index contributed by atoms with van der Waals surface area (Å²) in [7, 11) is -8.19. The quantitative estimate of drug-likeness (QED) is 0.349. The van der Waals surface area contributed by atoms with Crippen LogP contribution in [0, 0.1) is 0 Å². The highest BCUT2D eigenvalue weighted by molar-refractivity contribution is 7.87. The molecule has 0 fully saturated rings. The molecule has 0 rings (SSSR count). The fourth-order valence-corrected chi connectivity index (χ4v) is 2.40. The first kappa shape index (κ1) is 16.3. The van der Waals surface area contributed by atoms with Crippen molar-refractivity contribution in [3.8, 4) is 0 Å². The predicted molar refractivity (Wildman–Crippen MR) is 57.4 cm³/mol. The molecule has 1 N–H and O–H groups in total. The van der Waals surface area contributed by atoms with Crippen LogP contribution in [0.15, 0.2) is 0 Å². The van der Waals surface area contributed by atoms with Gasteiger partial charge in [0.25, 0.3) is 20.2 Å². The smallest absolute Gasteiger partial charge is 0.333 e. The molecule has 8 nitrogen and oxygen atoms in total. The van der Waals surface area contributed by atoms with E-state index in [1.165, 1.54) is 0 Å². The van der Waals surface area contributed by atoms with Crippen LogP contribution in [0.2, 0.25) is 0 Å². The lowest BCUT2D eigenvalue weighted by Gasteiger charge is -2.04. The molecule has 0 saturated heterocycles. The second-order valence-corrected chi connectivity index (χ2v) is 6.30. The van der Waals surface area contributed by atoms with Crippen molar-refractivity contribution >= 4 is 26.2 Å². The topological polar surface area (TPSA) is 124 Å². The Hall–Kier alpha value is -0.710. The highest BCUT2D eigenvalue weighted by Gasteiger charge is 2.16. The van der Waals surface area contributed by atoms with Crippen molar-refractivity contribution in [2.75, 3.05) is 24.7 Å². The van der Waals surface area contributed by atoms with E-state index in [9.17, 15) is 21.6 Å². The van der Waals surface area contributed by atoms with Crippen LogP contribution in [0.3, 0.4) is 0 Å². The average Bonchev–Trinajstić information content (AvgIpc) is 2.13. The molecule has 0 unspecified atom stereocenters. The number of carbonyl (C=O) groups is 1. The van der Waals surface area contributed by atoms with Crippen LogP contribution < -0.4 is 0 Å². The van der Waals surface area contributed by atoms with Crippen LogP contribution in [0.5, 0.6) is 0 Å². The maximum atomic E-state index is 11.1. The average molecular weight is 290 g/mol. The van der Waals surface area contributed by atoms with Crippen molar-refractivity contribution in [3.63, 3.8) is 0 Å². The summed E-state index contributed by atoms with van der Waals surface area (Å²) in [6, 6.07) is 0. The SMILES string of the molecule is CCOC(=O)COS(=O)(=O)CCCS(=O)(=O)O. The third-order valence-electron chi connectivity index (χ3n) is 1.46. The van der Waals surface area contributed by atoms with E-state index in [1.807, 2.05) is 0 Å². The lowest BCUT2D eigenvalue weighted by molar-refractivity contribution is -0.145. The molecule has 0 heterocycles. The van der Waals surface area contributed by atoms with Gasteiger partial charge in [-0.05, 0) is 13.3 Å². The van der Waals surface area contributed by atoms with Gasteiger partial charge in [0, 0.05) is 0 Å². The summed E-state index contributed by atoms with van der Waals surface area (Å²) in [5.41, 5.74) is 0. The Morgan fingerprint density at radius 3 is 2.24 bits per heavy atom. The Labute approximate surface area is 99.8 Å². The van der Waals surface area contributed by atoms with Crippen molar-refractivity contribution in [2.45, 2.75) is 13.3 Å². The molecular formula is C7H14O8S2. The summed E-state index contributed by atoms with van der Waals surface area (Å²) in [6.45, 7) is 0.908. The minimum atomic E-state index is -4.20. The second-order valence-electron chi connectivity index (χ2n) is 2.97. The van der Waals surface area contributed by atoms with E-state index in [-0.39, 0.29) is 13.0 Å². The van der Waals surface area contributed by atoms with Crippen molar-refractivity contribution in [3.05, 3.63) is 0 Å². The first-order valence-corrected chi connectivity index (χ1v) is 7.83. The number of esters is 1. The number of hydrogen-bond acceptors (Lipinski definition) is 7. The molecule has 0 aliphatic carbocycles. The third kappa shape index (κ3) is 10.2. The Balaban J connectivity index is 4.01. The van der Waals surface area contributed by atoms with Gasteiger partial charge in [-0.25, -0.2) is 4.79 Å². The van der Waals surface area contributed by atoms with E-state index in [4.69, 9.17) is 4.55 Å². The predicted octanol–water partition coefficient (Wildman–Crippen LogP) is -0.826. The summed E-state index contributed by atoms with van der Waals surface area (Å²) >= 11 is 0. The van der Waals surface area contributed by atoms with Crippen molar-refractivity contribution in [2.24, 2.45) is 0 Å². The molecule has 0 aromatic carbocycles. The summed E-state index contributed by atoms with van der Waals surface area (Å²) < 4.78 is 59.9. The molecule has 10 heteroatoms. The van der Waals surface area contributed by atoms with Crippen molar-refractivity contribution in [1.29, 1.82) is 0 Å². The first-order chi connectivity index (χ1) is 7.66. The fraction of sp³-hybridized carbons (Fsp3) is 0.857. The molecular weight excluding hydrogens is 276 g/mol. The van der Waals surface area contributed by atoms with Gasteiger partial charge >= 0.3 is 5.97 Å². The van der Waals surface area contributed by atoms with Crippen molar-refractivity contribution < 1.29 is 35.1 Å². The third-order valence-corrected chi connectivity index (χ3v) is 3.53. The molecule has 0 saturated carbocycles. The molecule has 102 valence electrons. The number of rotatable bonds is 8. The highest BCUT2D eigenvalue weighted by Crippen LogP contribution is 1.99. The molecule has 0 aliphatic rings. The molecule has 0 aromatic heterocycles. The zero-order chi connectivity index (χ0) is 13.5. The summed E-state index contributed by atoms with van der Waals surface area (Å²) in [5, 5.41) is 0. The van der Waals surface area contributed by atoms with Gasteiger partial charge < -0.3 is 4.74 Å². The Kier molecular flexibility index (Phi) is 6.60. The van der Waals surface area contributed by atoms with Crippen LogP contribution in [0.1, 0.15) is 13.3 Å². The van der Waals surface area contributed by atoms with Crippen LogP contribution >= 0.6 is 0 Å². The van der Waals surface area contributed by atoms with E-state index in [0.29, 0.717) is 0 Å². The normalized spacial score (nSPS) is 12.4. The summed E-state index contributed by atoms with van der Waals surface area (Å²) in [6.07, 6.45) is -0.315. The van der Waals surface area contributed by atoms with Gasteiger partial charge in [-0.15, -0.1) is 0 Å². The maximum Gasteiger partial charge on any atom is 0.333 e. The second kappa shape index (κ2) is 6.89. The highest BCUT2D eigenvalue weighted by atomic mass is 32.2. The Morgan fingerprint density at radius 2 is 1.76 bits per heavy atom. The van der Waals surface area contributed by atoms with Gasteiger partial charge in [0.2, 0.25) is 0 Å². The lowest BCUT2D eigenvalue weighted by Crippen LogP contribution is -2.20. The Morgan fingerprint density at radius 1 is 1.18 bits per heavy atom. The number of carbonyl (C=O) groups excluding carboxylic acids is 1. The lowest BCUT2D eigenvalue weighted by atomic mass is 10.6. The van der Waals surface area contributed by atoms with E-state index in [1.54, 1.807) is 6.92 Å². The van der Waals surface area contributed by atoms with Gasteiger partial charge in [0.1, 0.15) is 0 Å². The van der Waals surface area contributed by atoms with Gasteiger partial charge in [-0.1, -0.05) is 0 Å². The van der Waals surface area contributed by atoms with Crippen LogP contribution in [0.4, 0.5) is 0 Å². The van der Waals surface area contributed by atoms with Crippen molar-refractivity contribution in [1.82, 2.24) is 0 Å². The van der Waals surface area contributed by atoms with Gasteiger partial charge in [-0.2, -0.15) is 16.8 Å². The standard InChI is InChI=1S/C7H14O8S2/c1-2-14-7(8)6-15-17(12,13)5-3-4-16(9,10)11/h2-6H2,1H3,(H,9,10,11). The molecule has 0 bridgehead atoms. The molecule has 0 aliphatic heterocycles. The van der Waals surface area contributed by atoms with Crippen LogP contribution in [0.25, 0.3) is 0 Å². The van der Waals surface area contributed by atoms with E-state index in [0.717, 1.165) is 0 Å². The molecule has 0 spiro atoms. The molecule has 0 atom stereocenters. The monoisotopic (exact) mass is 290 g/mol. The minimum absolute atomic E-state index is 0.102. The molecule has 0 radical (unpaired) electrons. The number of hydrogen-bond donors (Lipinski definition) is 1. The van der Waals surface area contributed by atoms with Crippen LogP contribution in [-0.4, -0.2) is 52.1 Å². The summed E-state index contributed by atoms with van der Waals surface area (Å²) in [4.78, 5) is 10.8. The molecule has 17 heavy (non-hydrogen) atoms. The summed E-state index contributed by atoms with van der Waals surface area (Å²) in [5.74, 6) is -2.12. The minimum Gasteiger partial charge on any atom is -0.464 e. The van der Waals surface area contributed by atoms with Gasteiger partial charge in [0.05, 0.1) is 18.1 Å². The maximum absolute atomic E-state index is 11.1. The zero-order valence-electron chi connectivity index (χ0n) is 9.16. The van der Waals surface area contributed by atoms with Crippen LogP contribution in [-0.2, 0) is 34.0 Å². The Bertz CT molecular complexity index is 434. The molecule has 0 aromatic rings. The first-order valence-electron chi connectivity index (χ1n) is 4.64. The van der Waals surface area contributed by atoms with E-state index in [2.05, 4.69) is 8.92 Å². The fourth-order valence-electron chi connectivity index (χ4n) is 0.818. The van der Waals surface area contributed by atoms with E-state index >= 15 is 0 Å². The zero-order valence-corrected chi connectivity index (χ0v) is 10.8. The molecule has 0 amide bonds. The van der Waals surface area contributed by atoms with Gasteiger partial charge in [-0.3, -0.25) is 8.74 Å².